The molecule has 0 aromatic heterocycles. The minimum absolute atomic E-state index is 0.0419. The van der Waals surface area contributed by atoms with Crippen molar-refractivity contribution >= 4 is 36.7 Å². The van der Waals surface area contributed by atoms with E-state index in [1.165, 1.54) is 17.9 Å². The molecule has 0 unspecified atom stereocenters. The van der Waals surface area contributed by atoms with Crippen LogP contribution in [0.2, 0.25) is 5.82 Å². The van der Waals surface area contributed by atoms with Gasteiger partial charge in [-0.2, -0.15) is 0 Å². The molecule has 2 heterocycles. The van der Waals surface area contributed by atoms with Gasteiger partial charge < -0.3 is 29.7 Å². The molecule has 0 saturated carbocycles. The van der Waals surface area contributed by atoms with Crippen LogP contribution in [-0.2, 0) is 25.5 Å². The number of hydrogen-bond donors (Lipinski definition) is 3. The molecule has 0 spiro atoms. The highest BCUT2D eigenvalue weighted by Gasteiger charge is 2.41. The van der Waals surface area contributed by atoms with Crippen molar-refractivity contribution in [1.82, 2.24) is 15.1 Å². The van der Waals surface area contributed by atoms with Crippen molar-refractivity contribution in [3.63, 3.8) is 0 Å². The van der Waals surface area contributed by atoms with Crippen LogP contribution in [0.1, 0.15) is 43.1 Å². The number of rotatable bonds is 8. The zero-order chi connectivity index (χ0) is 26.6. The second-order valence-corrected chi connectivity index (χ2v) is 8.67. The second-order valence-electron chi connectivity index (χ2n) is 8.67. The number of nitrogens with one attached hydrogen (secondary N) is 1. The number of para-hydroxylation sites is 1. The van der Waals surface area contributed by atoms with Gasteiger partial charge in [-0.05, 0) is 38.8 Å². The van der Waals surface area contributed by atoms with Gasteiger partial charge in [-0.15, -0.1) is 0 Å². The Balaban J connectivity index is 1.69. The molecular weight excluding hydrogens is 473 g/mol. The van der Waals surface area contributed by atoms with Crippen molar-refractivity contribution in [2.24, 2.45) is 0 Å². The molecule has 4 amide bonds. The molecule has 194 valence electrons. The fraction of sp³-hybridized carbons (Fsp3) is 0.522. The number of amides is 4. The molecule has 0 bridgehead atoms. The molecule has 2 aliphatic heterocycles. The summed E-state index contributed by atoms with van der Waals surface area (Å²) in [5, 5.41) is 23.1. The van der Waals surface area contributed by atoms with Crippen molar-refractivity contribution in [3.8, 4) is 5.75 Å². The summed E-state index contributed by atoms with van der Waals surface area (Å²) in [6.45, 7) is 5.30. The lowest BCUT2D eigenvalue weighted by Crippen LogP contribution is -2.61. The van der Waals surface area contributed by atoms with Crippen molar-refractivity contribution in [2.75, 3.05) is 26.2 Å². The average Bonchev–Trinajstić information content (AvgIpc) is 2.84. The number of fused-ring (bicyclic) bond motifs is 1. The van der Waals surface area contributed by atoms with Gasteiger partial charge in [0.25, 0.3) is 0 Å². The molecule has 1 fully saturated rings. The number of ketones is 1. The average molecular weight is 503 g/mol. The van der Waals surface area contributed by atoms with Crippen LogP contribution in [0, 0.1) is 0 Å². The van der Waals surface area contributed by atoms with Crippen molar-refractivity contribution in [3.05, 3.63) is 29.3 Å². The molecule has 3 atom stereocenters. The fourth-order valence-electron chi connectivity index (χ4n) is 4.26. The molecule has 1 aromatic rings. The minimum Gasteiger partial charge on any atom is -0.535 e. The number of ether oxygens (including phenoxy) is 1. The first-order valence-electron chi connectivity index (χ1n) is 11.8. The maximum absolute atomic E-state index is 13.0. The summed E-state index contributed by atoms with van der Waals surface area (Å²) in [5.74, 6) is -3.56. The van der Waals surface area contributed by atoms with Crippen molar-refractivity contribution in [1.29, 1.82) is 0 Å². The van der Waals surface area contributed by atoms with Gasteiger partial charge in [0, 0.05) is 31.9 Å². The summed E-state index contributed by atoms with van der Waals surface area (Å²) in [6.07, 6.45) is -1.38. The normalized spacial score (nSPS) is 19.2. The molecule has 36 heavy (non-hydrogen) atoms. The number of esters is 1. The Bertz CT molecular complexity index is 1050. The monoisotopic (exact) mass is 503 g/mol. The van der Waals surface area contributed by atoms with E-state index in [9.17, 15) is 34.1 Å². The lowest BCUT2D eigenvalue weighted by molar-refractivity contribution is -0.153. The SMILES string of the molecule is CCOC(=O)c1cccc2c1OB(O)[C@@H](CC(=O)[C@H](NC(=O)N1CCN(CC)C(=O)C1=O)[C@@H](C)O)C2. The van der Waals surface area contributed by atoms with E-state index in [0.717, 1.165) is 0 Å². The van der Waals surface area contributed by atoms with Crippen LogP contribution in [0.25, 0.3) is 0 Å². The number of hydrogen-bond acceptors (Lipinski definition) is 9. The Labute approximate surface area is 208 Å². The second kappa shape index (κ2) is 11.5. The predicted molar refractivity (Wildman–Crippen MR) is 126 cm³/mol. The number of piperazine rings is 1. The summed E-state index contributed by atoms with van der Waals surface area (Å²) in [4.78, 5) is 64.3. The zero-order valence-electron chi connectivity index (χ0n) is 20.4. The van der Waals surface area contributed by atoms with Crippen LogP contribution in [0.5, 0.6) is 5.75 Å². The number of aliphatic hydroxyl groups excluding tert-OH is 1. The molecule has 0 radical (unpaired) electrons. The van der Waals surface area contributed by atoms with Crippen LogP contribution >= 0.6 is 0 Å². The molecule has 1 aromatic carbocycles. The maximum atomic E-state index is 13.0. The number of nitrogens with zero attached hydrogens (tertiary/aromatic N) is 2. The number of urea groups is 1. The van der Waals surface area contributed by atoms with E-state index in [0.29, 0.717) is 17.0 Å². The van der Waals surface area contributed by atoms with Crippen molar-refractivity contribution in [2.45, 2.75) is 51.6 Å². The predicted octanol–water partition coefficient (Wildman–Crippen LogP) is -0.242. The van der Waals surface area contributed by atoms with Gasteiger partial charge in [-0.3, -0.25) is 19.3 Å². The maximum Gasteiger partial charge on any atom is 0.526 e. The highest BCUT2D eigenvalue weighted by molar-refractivity contribution is 6.47. The molecule has 0 aliphatic carbocycles. The first-order chi connectivity index (χ1) is 17.1. The van der Waals surface area contributed by atoms with Gasteiger partial charge in [0.15, 0.2) is 5.78 Å². The summed E-state index contributed by atoms with van der Waals surface area (Å²) in [7, 11) is -1.43. The Morgan fingerprint density at radius 2 is 1.94 bits per heavy atom. The molecule has 13 heteroatoms. The van der Waals surface area contributed by atoms with Crippen LogP contribution in [0.3, 0.4) is 0 Å². The van der Waals surface area contributed by atoms with Crippen LogP contribution in [0.15, 0.2) is 18.2 Å². The standard InChI is InChI=1S/C23H30BN3O9/c1-4-26-9-10-27(21(31)20(26)30)23(33)25-18(13(3)28)17(29)12-15-11-14-7-6-8-16(22(32)35-5-2)19(14)36-24(15)34/h6-8,13,15,18,28,34H,4-5,9-12H2,1-3H3,(H,25,33)/t13-,15-,18-/m1/s1. The van der Waals surface area contributed by atoms with Gasteiger partial charge in [0.05, 0.1) is 12.7 Å². The van der Waals surface area contributed by atoms with Gasteiger partial charge in [0.2, 0.25) is 0 Å². The smallest absolute Gasteiger partial charge is 0.526 e. The summed E-state index contributed by atoms with van der Waals surface area (Å²) < 4.78 is 10.6. The fourth-order valence-corrected chi connectivity index (χ4v) is 4.26. The highest BCUT2D eigenvalue weighted by atomic mass is 16.5. The molecule has 12 nitrogen and oxygen atoms in total. The Morgan fingerprint density at radius 1 is 1.22 bits per heavy atom. The molecule has 3 N–H and O–H groups in total. The number of imide groups is 1. The number of benzene rings is 1. The molecule has 2 aliphatic rings. The van der Waals surface area contributed by atoms with E-state index in [1.54, 1.807) is 26.0 Å². The van der Waals surface area contributed by atoms with Gasteiger partial charge >= 0.3 is 30.9 Å². The number of carbonyl (C=O) groups is 5. The lowest BCUT2D eigenvalue weighted by Gasteiger charge is -2.33. The van der Waals surface area contributed by atoms with Gasteiger partial charge in [-0.25, -0.2) is 9.59 Å². The zero-order valence-corrected chi connectivity index (χ0v) is 20.4. The van der Waals surface area contributed by atoms with Gasteiger partial charge in [-0.1, -0.05) is 12.1 Å². The van der Waals surface area contributed by atoms with E-state index < -0.39 is 54.7 Å². The van der Waals surface area contributed by atoms with Crippen LogP contribution in [-0.4, -0.2) is 95.0 Å². The molecule has 3 rings (SSSR count). The molecule has 1 saturated heterocycles. The van der Waals surface area contributed by atoms with Crippen molar-refractivity contribution < 1.29 is 43.5 Å². The van der Waals surface area contributed by atoms with Gasteiger partial charge in [0.1, 0.15) is 17.4 Å². The Kier molecular flexibility index (Phi) is 8.69. The van der Waals surface area contributed by atoms with Crippen LogP contribution < -0.4 is 9.97 Å². The minimum atomic E-state index is -1.43. The number of carbonyl (C=O) groups excluding carboxylic acids is 5. The summed E-state index contributed by atoms with van der Waals surface area (Å²) in [5.41, 5.74) is 0.758. The van der Waals surface area contributed by atoms with E-state index in [-0.39, 0.29) is 43.9 Å². The Morgan fingerprint density at radius 3 is 2.58 bits per heavy atom. The third-order valence-electron chi connectivity index (χ3n) is 6.22. The Hall–Kier alpha value is -3.45. The number of Topliss-reactive ketones (excluding diaryl/α,β-unsaturated/α-hetero) is 1. The third-order valence-corrected chi connectivity index (χ3v) is 6.22. The topological polar surface area (TPSA) is 163 Å². The van der Waals surface area contributed by atoms with E-state index >= 15 is 0 Å². The summed E-state index contributed by atoms with van der Waals surface area (Å²) in [6, 6.07) is 2.51. The first-order valence-corrected chi connectivity index (χ1v) is 11.8. The summed E-state index contributed by atoms with van der Waals surface area (Å²) >= 11 is 0. The lowest BCUT2D eigenvalue weighted by atomic mass is 9.64. The number of aliphatic hydroxyl groups is 1. The van der Waals surface area contributed by atoms with E-state index in [4.69, 9.17) is 9.39 Å². The van der Waals surface area contributed by atoms with Crippen LogP contribution in [0.4, 0.5) is 4.79 Å². The highest BCUT2D eigenvalue weighted by Crippen LogP contribution is 2.36. The molecular formula is C23H30BN3O9. The quantitative estimate of drug-likeness (QED) is 0.247. The van der Waals surface area contributed by atoms with E-state index in [1.807, 2.05) is 0 Å². The van der Waals surface area contributed by atoms with E-state index in [2.05, 4.69) is 5.32 Å². The first kappa shape index (κ1) is 27.1. The largest absolute Gasteiger partial charge is 0.535 e. The third kappa shape index (κ3) is 5.68. The number of likely N-dealkylation sites (N-methyl/N-ethyl adjacent to an activating group) is 1.